The fourth-order valence-corrected chi connectivity index (χ4v) is 3.13. The molecule has 9 heteroatoms. The summed E-state index contributed by atoms with van der Waals surface area (Å²) in [6.45, 7) is 0. The van der Waals surface area contributed by atoms with Crippen molar-refractivity contribution in [3.05, 3.63) is 29.6 Å². The number of amides is 1. The lowest BCUT2D eigenvalue weighted by atomic mass is 10.00. The van der Waals surface area contributed by atoms with Gasteiger partial charge in [-0.1, -0.05) is 0 Å². The van der Waals surface area contributed by atoms with E-state index in [0.29, 0.717) is 18.3 Å². The van der Waals surface area contributed by atoms with Gasteiger partial charge in [-0.3, -0.25) is 9.78 Å². The molecule has 2 N–H and O–H groups in total. The first-order valence-corrected chi connectivity index (χ1v) is 7.02. The molecular weight excluding hydrogens is 354 g/mol. The minimum absolute atomic E-state index is 0. The normalized spacial score (nSPS) is 26.0. The second-order valence-electron chi connectivity index (χ2n) is 5.71. The second kappa shape index (κ2) is 7.68. The fraction of sp³-hybridized carbons (Fsp3) is 0.571. The van der Waals surface area contributed by atoms with Crippen LogP contribution in [0.2, 0.25) is 0 Å². The van der Waals surface area contributed by atoms with Crippen LogP contribution in [0, 0.1) is 0 Å². The van der Waals surface area contributed by atoms with Gasteiger partial charge in [0.2, 0.25) is 0 Å². The van der Waals surface area contributed by atoms with Crippen LogP contribution in [-0.2, 0) is 6.18 Å². The average Bonchev–Trinajstić information content (AvgIpc) is 2.77. The van der Waals surface area contributed by atoms with Crippen molar-refractivity contribution in [3.63, 3.8) is 0 Å². The molecule has 0 aliphatic carbocycles. The van der Waals surface area contributed by atoms with Crippen molar-refractivity contribution in [3.8, 4) is 0 Å². The Morgan fingerprint density at radius 2 is 1.78 bits per heavy atom. The molecule has 0 saturated carbocycles. The largest absolute Gasteiger partial charge is 0.417 e. The van der Waals surface area contributed by atoms with Gasteiger partial charge in [-0.05, 0) is 37.8 Å². The van der Waals surface area contributed by atoms with Gasteiger partial charge in [0.1, 0.15) is 5.69 Å². The summed E-state index contributed by atoms with van der Waals surface area (Å²) in [5, 5.41) is 6.34. The van der Waals surface area contributed by atoms with Crippen LogP contribution in [0.15, 0.2) is 18.3 Å². The van der Waals surface area contributed by atoms with Crippen molar-refractivity contribution in [1.82, 2.24) is 15.6 Å². The number of alkyl halides is 3. The third-order valence-electron chi connectivity index (χ3n) is 4.13. The van der Waals surface area contributed by atoms with Gasteiger partial charge in [0, 0.05) is 24.3 Å². The Kier molecular flexibility index (Phi) is 6.68. The fourth-order valence-electron chi connectivity index (χ4n) is 3.13. The molecule has 23 heavy (non-hydrogen) atoms. The zero-order valence-corrected chi connectivity index (χ0v) is 13.7. The van der Waals surface area contributed by atoms with Crippen molar-refractivity contribution in [1.29, 1.82) is 0 Å². The molecule has 4 nitrogen and oxygen atoms in total. The van der Waals surface area contributed by atoms with Crippen molar-refractivity contribution in [2.75, 3.05) is 0 Å². The number of piperidine rings is 1. The molecule has 0 spiro atoms. The highest BCUT2D eigenvalue weighted by Gasteiger charge is 2.34. The van der Waals surface area contributed by atoms with Crippen LogP contribution >= 0.6 is 24.8 Å². The van der Waals surface area contributed by atoms with E-state index in [1.54, 1.807) is 0 Å². The van der Waals surface area contributed by atoms with Crippen molar-refractivity contribution in [2.45, 2.75) is 50.0 Å². The van der Waals surface area contributed by atoms with Crippen LogP contribution in [0.5, 0.6) is 0 Å². The molecule has 2 bridgehead atoms. The zero-order valence-electron chi connectivity index (χ0n) is 12.1. The Hall–Kier alpha value is -1.05. The highest BCUT2D eigenvalue weighted by atomic mass is 35.5. The summed E-state index contributed by atoms with van der Waals surface area (Å²) in [5.41, 5.74) is -0.826. The smallest absolute Gasteiger partial charge is 0.348 e. The van der Waals surface area contributed by atoms with Crippen LogP contribution in [-0.4, -0.2) is 29.0 Å². The number of rotatable bonds is 2. The van der Waals surface area contributed by atoms with Crippen molar-refractivity contribution < 1.29 is 18.0 Å². The van der Waals surface area contributed by atoms with E-state index in [4.69, 9.17) is 0 Å². The van der Waals surface area contributed by atoms with Gasteiger partial charge in [0.25, 0.3) is 5.91 Å². The third-order valence-corrected chi connectivity index (χ3v) is 4.13. The molecule has 2 aliphatic rings. The van der Waals surface area contributed by atoms with Crippen LogP contribution in [0.25, 0.3) is 0 Å². The summed E-state index contributed by atoms with van der Waals surface area (Å²) >= 11 is 0. The first-order valence-electron chi connectivity index (χ1n) is 7.02. The topological polar surface area (TPSA) is 54.0 Å². The maximum absolute atomic E-state index is 12.4. The molecule has 130 valence electrons. The Balaban J connectivity index is 0.00000132. The van der Waals surface area contributed by atoms with Crippen LogP contribution in [0.4, 0.5) is 13.2 Å². The van der Waals surface area contributed by atoms with E-state index >= 15 is 0 Å². The molecule has 2 atom stereocenters. The van der Waals surface area contributed by atoms with E-state index < -0.39 is 17.6 Å². The van der Waals surface area contributed by atoms with Gasteiger partial charge in [-0.25, -0.2) is 0 Å². The quantitative estimate of drug-likeness (QED) is 0.840. The van der Waals surface area contributed by atoms with E-state index in [1.165, 1.54) is 0 Å². The van der Waals surface area contributed by atoms with Gasteiger partial charge in [-0.2, -0.15) is 13.2 Å². The monoisotopic (exact) mass is 371 g/mol. The zero-order chi connectivity index (χ0) is 15.0. The third kappa shape index (κ3) is 4.71. The van der Waals surface area contributed by atoms with Crippen molar-refractivity contribution >= 4 is 30.7 Å². The lowest BCUT2D eigenvalue weighted by molar-refractivity contribution is -0.137. The second-order valence-corrected chi connectivity index (χ2v) is 5.71. The number of nitrogens with one attached hydrogen (secondary N) is 2. The first-order chi connectivity index (χ1) is 9.91. The van der Waals surface area contributed by atoms with Crippen molar-refractivity contribution in [2.24, 2.45) is 0 Å². The number of halogens is 5. The van der Waals surface area contributed by atoms with E-state index in [2.05, 4.69) is 15.6 Å². The predicted molar refractivity (Wildman–Crippen MR) is 84.2 cm³/mol. The van der Waals surface area contributed by atoms with Gasteiger partial charge in [-0.15, -0.1) is 24.8 Å². The molecule has 1 aromatic rings. The van der Waals surface area contributed by atoms with Gasteiger partial charge < -0.3 is 10.6 Å². The summed E-state index contributed by atoms with van der Waals surface area (Å²) in [4.78, 5) is 15.6. The molecule has 0 aromatic carbocycles. The highest BCUT2D eigenvalue weighted by molar-refractivity contribution is 5.92. The number of nitrogens with zero attached hydrogens (tertiary/aromatic N) is 1. The minimum Gasteiger partial charge on any atom is -0.348 e. The molecule has 3 heterocycles. The summed E-state index contributed by atoms with van der Waals surface area (Å²) in [6.07, 6.45) is 0.230. The molecule has 2 fully saturated rings. The molecule has 0 radical (unpaired) electrons. The van der Waals surface area contributed by atoms with Crippen LogP contribution in [0.1, 0.15) is 41.7 Å². The Morgan fingerprint density at radius 3 is 2.26 bits per heavy atom. The van der Waals surface area contributed by atoms with Gasteiger partial charge in [0.15, 0.2) is 0 Å². The van der Waals surface area contributed by atoms with Gasteiger partial charge in [0.05, 0.1) is 5.56 Å². The van der Waals surface area contributed by atoms with E-state index in [-0.39, 0.29) is 36.5 Å². The number of carbonyl (C=O) groups excluding carboxylic acids is 1. The summed E-state index contributed by atoms with van der Waals surface area (Å²) in [6, 6.07) is 2.95. The lowest BCUT2D eigenvalue weighted by Gasteiger charge is -2.29. The standard InChI is InChI=1S/C14H16F3N3O.2ClH/c15-14(16,17)8-1-4-12(18-7-8)13(21)20-11-5-9-2-3-10(6-11)19-9;;/h1,4,7,9-11,19H,2-3,5-6H2,(H,20,21);2*1H. The molecule has 2 aliphatic heterocycles. The molecular formula is C14H18Cl2F3N3O. The minimum atomic E-state index is -4.43. The number of fused-ring (bicyclic) bond motifs is 2. The molecule has 3 rings (SSSR count). The molecule has 1 aromatic heterocycles. The number of pyridine rings is 1. The molecule has 2 unspecified atom stereocenters. The van der Waals surface area contributed by atoms with Gasteiger partial charge >= 0.3 is 6.18 Å². The number of aromatic nitrogens is 1. The Bertz CT molecular complexity index is 527. The van der Waals surface area contributed by atoms with E-state index in [9.17, 15) is 18.0 Å². The summed E-state index contributed by atoms with van der Waals surface area (Å²) in [5.74, 6) is -0.407. The Labute approximate surface area is 144 Å². The number of hydrogen-bond donors (Lipinski definition) is 2. The van der Waals surface area contributed by atoms with E-state index in [1.807, 2.05) is 0 Å². The average molecular weight is 372 g/mol. The summed E-state index contributed by atoms with van der Waals surface area (Å²) < 4.78 is 37.3. The highest BCUT2D eigenvalue weighted by Crippen LogP contribution is 2.29. The van der Waals surface area contributed by atoms with Crippen LogP contribution < -0.4 is 10.6 Å². The van der Waals surface area contributed by atoms with Crippen LogP contribution in [0.3, 0.4) is 0 Å². The Morgan fingerprint density at radius 1 is 1.17 bits per heavy atom. The molecule has 1 amide bonds. The number of carbonyl (C=O) groups is 1. The van der Waals surface area contributed by atoms with E-state index in [0.717, 1.165) is 37.8 Å². The maximum Gasteiger partial charge on any atom is 0.417 e. The molecule has 2 saturated heterocycles. The lowest BCUT2D eigenvalue weighted by Crippen LogP contribution is -2.48. The summed E-state index contributed by atoms with van der Waals surface area (Å²) in [7, 11) is 0. The predicted octanol–water partition coefficient (Wildman–Crippen LogP) is 2.96. The SMILES string of the molecule is Cl.Cl.O=C(NC1CC2CCC(C1)N2)c1ccc(C(F)(F)F)cn1. The number of hydrogen-bond acceptors (Lipinski definition) is 3. The maximum atomic E-state index is 12.4. The first kappa shape index (κ1) is 20.0.